The minimum absolute atomic E-state index is 0.174. The Morgan fingerprint density at radius 2 is 2.56 bits per heavy atom. The highest BCUT2D eigenvalue weighted by Gasteiger charge is 2.21. The van der Waals surface area contributed by atoms with E-state index < -0.39 is 0 Å². The van der Waals surface area contributed by atoms with Gasteiger partial charge in [-0.05, 0) is 13.3 Å². The summed E-state index contributed by atoms with van der Waals surface area (Å²) in [5.41, 5.74) is 2.23. The first-order valence-corrected chi connectivity index (χ1v) is 3.32. The highest BCUT2D eigenvalue weighted by molar-refractivity contribution is 4.72. The van der Waals surface area contributed by atoms with Crippen molar-refractivity contribution in [2.45, 2.75) is 19.4 Å². The number of hydrogen-bond donors (Lipinski definition) is 2. The number of ether oxygens (including phenoxy) is 1. The van der Waals surface area contributed by atoms with Crippen LogP contribution in [0, 0.1) is 5.92 Å². The molecule has 0 aromatic carbocycles. The van der Waals surface area contributed by atoms with Crippen molar-refractivity contribution in [3.63, 3.8) is 0 Å². The van der Waals surface area contributed by atoms with Crippen LogP contribution in [0.3, 0.4) is 0 Å². The van der Waals surface area contributed by atoms with Gasteiger partial charge in [-0.15, -0.1) is 0 Å². The van der Waals surface area contributed by atoms with Crippen LogP contribution < -0.4 is 5.48 Å². The van der Waals surface area contributed by atoms with E-state index in [2.05, 4.69) is 5.48 Å². The minimum atomic E-state index is 0.174. The average molecular weight is 131 g/mol. The summed E-state index contributed by atoms with van der Waals surface area (Å²) in [6.07, 6.45) is 1.06. The number of nitrogens with one attached hydrogen (secondary N) is 1. The van der Waals surface area contributed by atoms with Gasteiger partial charge in [0.25, 0.3) is 0 Å². The van der Waals surface area contributed by atoms with Gasteiger partial charge in [-0.3, -0.25) is 0 Å². The fraction of sp³-hybridized carbons (Fsp3) is 1.00. The summed E-state index contributed by atoms with van der Waals surface area (Å²) >= 11 is 0. The van der Waals surface area contributed by atoms with Gasteiger partial charge in [-0.2, -0.15) is 0 Å². The third-order valence-electron chi connectivity index (χ3n) is 1.88. The Hall–Kier alpha value is -0.120. The Labute approximate surface area is 55.0 Å². The summed E-state index contributed by atoms with van der Waals surface area (Å²) < 4.78 is 5.13. The van der Waals surface area contributed by atoms with Crippen molar-refractivity contribution in [1.29, 1.82) is 0 Å². The monoisotopic (exact) mass is 131 g/mol. The average Bonchev–Trinajstić information content (AvgIpc) is 2.37. The smallest absolute Gasteiger partial charge is 0.0510 e. The molecule has 2 atom stereocenters. The molecule has 0 saturated carbocycles. The van der Waals surface area contributed by atoms with E-state index in [-0.39, 0.29) is 6.04 Å². The Bertz CT molecular complexity index is 81.1. The van der Waals surface area contributed by atoms with Gasteiger partial charge < -0.3 is 9.94 Å². The van der Waals surface area contributed by atoms with Crippen molar-refractivity contribution >= 4 is 0 Å². The largest absolute Gasteiger partial charge is 0.381 e. The molecule has 1 aliphatic heterocycles. The molecule has 2 unspecified atom stereocenters. The number of rotatable bonds is 2. The molecule has 1 aliphatic rings. The maximum Gasteiger partial charge on any atom is 0.0510 e. The third-order valence-corrected chi connectivity index (χ3v) is 1.88. The van der Waals surface area contributed by atoms with E-state index in [1.165, 1.54) is 0 Å². The van der Waals surface area contributed by atoms with E-state index in [4.69, 9.17) is 9.94 Å². The van der Waals surface area contributed by atoms with Crippen LogP contribution in [0.5, 0.6) is 0 Å². The second-order valence-electron chi connectivity index (χ2n) is 2.54. The van der Waals surface area contributed by atoms with Gasteiger partial charge in [-0.25, -0.2) is 5.48 Å². The Morgan fingerprint density at radius 3 is 3.00 bits per heavy atom. The molecular weight excluding hydrogens is 118 g/mol. The van der Waals surface area contributed by atoms with Crippen molar-refractivity contribution in [2.75, 3.05) is 13.2 Å². The normalized spacial score (nSPS) is 30.7. The van der Waals surface area contributed by atoms with E-state index in [9.17, 15) is 0 Å². The van der Waals surface area contributed by atoms with Crippen molar-refractivity contribution in [3.05, 3.63) is 0 Å². The summed E-state index contributed by atoms with van der Waals surface area (Å²) in [5, 5.41) is 8.49. The molecule has 9 heavy (non-hydrogen) atoms. The van der Waals surface area contributed by atoms with Crippen LogP contribution in [-0.2, 0) is 4.74 Å². The first kappa shape index (κ1) is 6.99. The predicted octanol–water partition coefficient (Wildman–Crippen LogP) is 0.390. The lowest BCUT2D eigenvalue weighted by Gasteiger charge is -2.14. The van der Waals surface area contributed by atoms with Crippen molar-refractivity contribution in [3.8, 4) is 0 Å². The highest BCUT2D eigenvalue weighted by atomic mass is 16.5. The van der Waals surface area contributed by atoms with E-state index in [0.29, 0.717) is 5.92 Å². The molecule has 2 N–H and O–H groups in total. The summed E-state index contributed by atoms with van der Waals surface area (Å²) in [7, 11) is 0. The Kier molecular flexibility index (Phi) is 2.45. The quantitative estimate of drug-likeness (QED) is 0.533. The van der Waals surface area contributed by atoms with Crippen LogP contribution in [0.2, 0.25) is 0 Å². The molecular formula is C6H13NO2. The second kappa shape index (κ2) is 3.15. The lowest BCUT2D eigenvalue weighted by molar-refractivity contribution is 0.0962. The molecule has 1 heterocycles. The van der Waals surface area contributed by atoms with Gasteiger partial charge >= 0.3 is 0 Å². The van der Waals surface area contributed by atoms with Crippen LogP contribution in [0.1, 0.15) is 13.3 Å². The lowest BCUT2D eigenvalue weighted by atomic mass is 10.0. The molecule has 0 radical (unpaired) electrons. The zero-order valence-corrected chi connectivity index (χ0v) is 5.63. The SMILES string of the molecule is CC(NO)C1CCOC1. The van der Waals surface area contributed by atoms with E-state index in [1.807, 2.05) is 6.92 Å². The van der Waals surface area contributed by atoms with E-state index in [0.717, 1.165) is 19.6 Å². The third kappa shape index (κ3) is 1.64. The number of hydroxylamine groups is 1. The maximum atomic E-state index is 8.49. The molecule has 3 heteroatoms. The first-order valence-electron chi connectivity index (χ1n) is 3.32. The molecule has 1 rings (SSSR count). The topological polar surface area (TPSA) is 41.5 Å². The Morgan fingerprint density at radius 1 is 1.78 bits per heavy atom. The zero-order chi connectivity index (χ0) is 6.69. The summed E-state index contributed by atoms with van der Waals surface area (Å²) in [6, 6.07) is 0.174. The van der Waals surface area contributed by atoms with Gasteiger partial charge in [0.05, 0.1) is 6.61 Å². The molecule has 0 aromatic rings. The zero-order valence-electron chi connectivity index (χ0n) is 5.63. The fourth-order valence-corrected chi connectivity index (χ4v) is 1.05. The van der Waals surface area contributed by atoms with Crippen molar-refractivity contribution in [2.24, 2.45) is 5.92 Å². The maximum absolute atomic E-state index is 8.49. The van der Waals surface area contributed by atoms with Crippen LogP contribution in [0.25, 0.3) is 0 Å². The standard InChI is InChI=1S/C6H13NO2/c1-5(7-8)6-2-3-9-4-6/h5-8H,2-4H2,1H3. The van der Waals surface area contributed by atoms with E-state index in [1.54, 1.807) is 0 Å². The van der Waals surface area contributed by atoms with E-state index >= 15 is 0 Å². The predicted molar refractivity (Wildman–Crippen MR) is 33.3 cm³/mol. The van der Waals surface area contributed by atoms with Crippen molar-refractivity contribution < 1.29 is 9.94 Å². The molecule has 0 spiro atoms. The van der Waals surface area contributed by atoms with Crippen LogP contribution >= 0.6 is 0 Å². The molecule has 0 amide bonds. The van der Waals surface area contributed by atoms with Crippen LogP contribution in [0.15, 0.2) is 0 Å². The van der Waals surface area contributed by atoms with Gasteiger partial charge in [0.1, 0.15) is 0 Å². The fourth-order valence-electron chi connectivity index (χ4n) is 1.05. The molecule has 3 nitrogen and oxygen atoms in total. The van der Waals surface area contributed by atoms with Gasteiger partial charge in [-0.1, -0.05) is 0 Å². The lowest BCUT2D eigenvalue weighted by Crippen LogP contribution is -2.30. The highest BCUT2D eigenvalue weighted by Crippen LogP contribution is 2.15. The minimum Gasteiger partial charge on any atom is -0.381 e. The first-order chi connectivity index (χ1) is 4.34. The molecule has 54 valence electrons. The second-order valence-corrected chi connectivity index (χ2v) is 2.54. The van der Waals surface area contributed by atoms with Gasteiger partial charge in [0.15, 0.2) is 0 Å². The summed E-state index contributed by atoms with van der Waals surface area (Å²) in [6.45, 7) is 3.59. The van der Waals surface area contributed by atoms with Crippen LogP contribution in [-0.4, -0.2) is 24.5 Å². The van der Waals surface area contributed by atoms with Crippen molar-refractivity contribution in [1.82, 2.24) is 5.48 Å². The van der Waals surface area contributed by atoms with Gasteiger partial charge in [0.2, 0.25) is 0 Å². The van der Waals surface area contributed by atoms with Gasteiger partial charge in [0, 0.05) is 18.6 Å². The molecule has 1 saturated heterocycles. The Balaban J connectivity index is 2.24. The molecule has 0 aliphatic carbocycles. The number of hydrogen-bond acceptors (Lipinski definition) is 3. The molecule has 0 aromatic heterocycles. The molecule has 1 fully saturated rings. The molecule has 0 bridgehead atoms. The summed E-state index contributed by atoms with van der Waals surface area (Å²) in [4.78, 5) is 0. The van der Waals surface area contributed by atoms with Crippen LogP contribution in [0.4, 0.5) is 0 Å². The summed E-state index contributed by atoms with van der Waals surface area (Å²) in [5.74, 6) is 0.495.